The van der Waals surface area contributed by atoms with E-state index in [0.29, 0.717) is 19.3 Å². The Morgan fingerprint density at radius 3 is 2.12 bits per heavy atom. The number of aliphatic hydroxyl groups is 3. The minimum Gasteiger partial charge on any atom is -0.393 e. The van der Waals surface area contributed by atoms with Crippen LogP contribution in [-0.4, -0.2) is 32.6 Å². The molecule has 2 saturated carbocycles. The predicted octanol–water partition coefficient (Wildman–Crippen LogP) is 5.06. The van der Waals surface area contributed by atoms with Crippen LogP contribution in [0, 0.1) is 23.2 Å². The minimum absolute atomic E-state index is 0.0599. The number of rotatable bonds is 9. The van der Waals surface area contributed by atoms with Gasteiger partial charge in [0.05, 0.1) is 17.3 Å². The van der Waals surface area contributed by atoms with E-state index >= 15 is 0 Å². The normalized spacial score (nSPS) is 41.7. The Morgan fingerprint density at radius 1 is 1.00 bits per heavy atom. The molecule has 0 heterocycles. The molecule has 3 nitrogen and oxygen atoms in total. The molecule has 4 atom stereocenters. The second-order valence-electron chi connectivity index (χ2n) is 9.02. The first-order valence-electron chi connectivity index (χ1n) is 16.1. The molecular formula is C23H44O3. The van der Waals surface area contributed by atoms with E-state index in [2.05, 4.69) is 6.92 Å². The van der Waals surface area contributed by atoms with Gasteiger partial charge in [0.15, 0.2) is 0 Å². The predicted molar refractivity (Wildman–Crippen MR) is 108 cm³/mol. The quantitative estimate of drug-likeness (QED) is 0.524. The summed E-state index contributed by atoms with van der Waals surface area (Å²) in [6, 6.07) is 0. The monoisotopic (exact) mass is 380 g/mol. The molecule has 2 aliphatic carbocycles. The van der Waals surface area contributed by atoms with Gasteiger partial charge in [0, 0.05) is 16.4 Å². The van der Waals surface area contributed by atoms with Crippen LogP contribution in [-0.2, 0) is 0 Å². The molecule has 3 heteroatoms. The van der Waals surface area contributed by atoms with Gasteiger partial charge >= 0.3 is 0 Å². The van der Waals surface area contributed by atoms with Gasteiger partial charge in [0.2, 0.25) is 0 Å². The van der Waals surface area contributed by atoms with E-state index < -0.39 is 57.6 Å². The molecule has 2 rings (SSSR count). The molecule has 3 N–H and O–H groups in total. The van der Waals surface area contributed by atoms with Crippen LogP contribution in [0.1, 0.15) is 121 Å². The van der Waals surface area contributed by atoms with Gasteiger partial charge in [-0.05, 0) is 89.1 Å². The first kappa shape index (κ1) is 10.6. The van der Waals surface area contributed by atoms with Crippen molar-refractivity contribution in [2.24, 2.45) is 23.2 Å². The van der Waals surface area contributed by atoms with E-state index in [-0.39, 0.29) is 36.0 Å². The third-order valence-corrected chi connectivity index (χ3v) is 6.96. The van der Waals surface area contributed by atoms with Gasteiger partial charge in [-0.2, -0.15) is 0 Å². The number of aliphatic hydroxyl groups excluding tert-OH is 1. The van der Waals surface area contributed by atoms with Gasteiger partial charge in [-0.25, -0.2) is 0 Å². The minimum atomic E-state index is -3.12. The van der Waals surface area contributed by atoms with Gasteiger partial charge in [0.1, 0.15) is 0 Å². The Bertz CT molecular complexity index is 716. The van der Waals surface area contributed by atoms with Crippen molar-refractivity contribution in [1.82, 2.24) is 0 Å². The second-order valence-corrected chi connectivity index (χ2v) is 9.02. The Kier molecular flexibility index (Phi) is 3.46. The molecule has 0 aromatic carbocycles. The lowest BCUT2D eigenvalue weighted by molar-refractivity contribution is -0.0320. The molecule has 0 spiro atoms. The fourth-order valence-electron chi connectivity index (χ4n) is 5.75. The van der Waals surface area contributed by atoms with E-state index in [4.69, 9.17) is 16.4 Å². The zero-order valence-electron chi connectivity index (χ0n) is 27.9. The van der Waals surface area contributed by atoms with Crippen LogP contribution in [0.15, 0.2) is 0 Å². The van der Waals surface area contributed by atoms with Crippen molar-refractivity contribution in [3.05, 3.63) is 0 Å². The summed E-state index contributed by atoms with van der Waals surface area (Å²) in [5.41, 5.74) is -5.98. The second kappa shape index (κ2) is 8.49. The number of hydrogen-bond acceptors (Lipinski definition) is 3. The average Bonchev–Trinajstić information content (AvgIpc) is 3.07. The molecule has 0 aromatic heterocycles. The molecule has 154 valence electrons. The van der Waals surface area contributed by atoms with Crippen LogP contribution < -0.4 is 0 Å². The molecule has 0 amide bonds. The first-order chi connectivity index (χ1) is 16.9. The van der Waals surface area contributed by atoms with E-state index in [9.17, 15) is 15.3 Å². The summed E-state index contributed by atoms with van der Waals surface area (Å²) in [6.45, 7) is -10.4. The summed E-state index contributed by atoms with van der Waals surface area (Å²) >= 11 is 0. The van der Waals surface area contributed by atoms with E-state index in [1.165, 1.54) is 0 Å². The summed E-state index contributed by atoms with van der Waals surface area (Å²) in [5.74, 6) is -0.0259. The average molecular weight is 381 g/mol. The standard InChI is InChI=1S/C23H44O3/c1-21(2,25)14-6-9-17(10-7-15-22(3,4)26)18-12-13-19-20(24)11-8-16-23(18,19)5/h17-20,24-26H,6-16H2,1-5H3/t18-,19+,20+,23-/m1/s1/i1D3,2D3,3D3,4D3. The van der Waals surface area contributed by atoms with Crippen LogP contribution in [0.3, 0.4) is 0 Å². The Balaban J connectivity index is 2.27. The van der Waals surface area contributed by atoms with Crippen LogP contribution >= 0.6 is 0 Å². The highest BCUT2D eigenvalue weighted by atomic mass is 16.3. The topological polar surface area (TPSA) is 60.7 Å². The van der Waals surface area contributed by atoms with Crippen molar-refractivity contribution in [2.75, 3.05) is 0 Å². The molecule has 0 radical (unpaired) electrons. The molecule has 0 saturated heterocycles. The zero-order chi connectivity index (χ0) is 29.6. The Hall–Kier alpha value is -0.120. The maximum absolute atomic E-state index is 10.7. The van der Waals surface area contributed by atoms with Crippen LogP contribution in [0.4, 0.5) is 0 Å². The lowest BCUT2D eigenvalue weighted by Gasteiger charge is -2.46. The van der Waals surface area contributed by atoms with Crippen molar-refractivity contribution >= 4 is 0 Å². The van der Waals surface area contributed by atoms with E-state index in [1.54, 1.807) is 0 Å². The highest BCUT2D eigenvalue weighted by molar-refractivity contribution is 5.02. The largest absolute Gasteiger partial charge is 0.393 e. The fourth-order valence-corrected chi connectivity index (χ4v) is 5.75. The van der Waals surface area contributed by atoms with Crippen LogP contribution in [0.25, 0.3) is 0 Å². The maximum Gasteiger partial charge on any atom is 0.0591 e. The number of hydrogen-bond donors (Lipinski definition) is 3. The lowest BCUT2D eigenvalue weighted by atomic mass is 9.60. The van der Waals surface area contributed by atoms with Crippen molar-refractivity contribution in [3.63, 3.8) is 0 Å². The van der Waals surface area contributed by atoms with Crippen molar-refractivity contribution in [3.8, 4) is 0 Å². The molecule has 2 fully saturated rings. The fraction of sp³-hybridized carbons (Fsp3) is 1.00. The molecule has 0 unspecified atom stereocenters. The zero-order valence-corrected chi connectivity index (χ0v) is 15.9. The van der Waals surface area contributed by atoms with Crippen molar-refractivity contribution < 1.29 is 31.8 Å². The van der Waals surface area contributed by atoms with E-state index in [1.807, 2.05) is 0 Å². The SMILES string of the molecule is [2H]C([2H])([2H])C(O)(CCCC(CCCC(O)(C([2H])([2H])[2H])C([2H])([2H])[2H])[C@H]1CC[C@H]2[C@@H](O)CCC[C@]12C)C([2H])([2H])[2H]. The maximum atomic E-state index is 10.7. The van der Waals surface area contributed by atoms with Crippen LogP contribution in [0.5, 0.6) is 0 Å². The van der Waals surface area contributed by atoms with Gasteiger partial charge < -0.3 is 15.3 Å². The van der Waals surface area contributed by atoms with Gasteiger partial charge in [0.25, 0.3) is 0 Å². The molecular weight excluding hydrogens is 324 g/mol. The van der Waals surface area contributed by atoms with E-state index in [0.717, 1.165) is 25.7 Å². The molecule has 26 heavy (non-hydrogen) atoms. The number of fused-ring (bicyclic) bond motifs is 1. The van der Waals surface area contributed by atoms with Crippen LogP contribution in [0.2, 0.25) is 0 Å². The Labute approximate surface area is 178 Å². The third-order valence-electron chi connectivity index (χ3n) is 6.96. The summed E-state index contributed by atoms with van der Waals surface area (Å²) in [4.78, 5) is 0. The lowest BCUT2D eigenvalue weighted by Crippen LogP contribution is -2.42. The summed E-state index contributed by atoms with van der Waals surface area (Å²) in [6.07, 6.45) is 3.44. The third kappa shape index (κ3) is 5.94. The smallest absolute Gasteiger partial charge is 0.0591 e. The molecule has 0 aliphatic heterocycles. The van der Waals surface area contributed by atoms with Crippen molar-refractivity contribution in [1.29, 1.82) is 0 Å². The first-order valence-corrected chi connectivity index (χ1v) is 10.1. The van der Waals surface area contributed by atoms with Gasteiger partial charge in [-0.3, -0.25) is 0 Å². The molecule has 0 aromatic rings. The Morgan fingerprint density at radius 2 is 1.58 bits per heavy atom. The van der Waals surface area contributed by atoms with Crippen molar-refractivity contribution in [2.45, 2.75) is 122 Å². The van der Waals surface area contributed by atoms with Gasteiger partial charge in [-0.15, -0.1) is 0 Å². The molecule has 0 bridgehead atoms. The molecule has 2 aliphatic rings. The van der Waals surface area contributed by atoms with Gasteiger partial charge in [-0.1, -0.05) is 39.0 Å². The summed E-state index contributed by atoms with van der Waals surface area (Å²) in [7, 11) is 0. The highest BCUT2D eigenvalue weighted by Gasteiger charge is 2.52. The summed E-state index contributed by atoms with van der Waals surface area (Å²) in [5, 5.41) is 32.0. The summed E-state index contributed by atoms with van der Waals surface area (Å²) < 4.78 is 91.5. The highest BCUT2D eigenvalue weighted by Crippen LogP contribution is 2.59.